The van der Waals surface area contributed by atoms with E-state index in [1.807, 2.05) is 19.1 Å². The zero-order chi connectivity index (χ0) is 14.5. The second-order valence-corrected chi connectivity index (χ2v) is 6.59. The summed E-state index contributed by atoms with van der Waals surface area (Å²) in [5.41, 5.74) is 0. The summed E-state index contributed by atoms with van der Waals surface area (Å²) < 4.78 is 11.3. The van der Waals surface area contributed by atoms with E-state index in [1.165, 1.54) is 0 Å². The van der Waals surface area contributed by atoms with Crippen LogP contribution in [0.2, 0.25) is 0 Å². The summed E-state index contributed by atoms with van der Waals surface area (Å²) in [5.74, 6) is 2.48. The van der Waals surface area contributed by atoms with E-state index in [-0.39, 0.29) is 0 Å². The SMILES string of the molecule is CCNc1nnc(CSc2ccc3c(c2)OCCCO3)s1. The van der Waals surface area contributed by atoms with E-state index in [4.69, 9.17) is 9.47 Å². The van der Waals surface area contributed by atoms with Crippen LogP contribution in [-0.4, -0.2) is 30.0 Å². The van der Waals surface area contributed by atoms with Gasteiger partial charge in [0.25, 0.3) is 0 Å². The Morgan fingerprint density at radius 3 is 2.95 bits per heavy atom. The molecule has 0 saturated carbocycles. The first-order valence-electron chi connectivity index (χ1n) is 6.94. The molecule has 1 aromatic heterocycles. The molecule has 0 saturated heterocycles. The van der Waals surface area contributed by atoms with Crippen LogP contribution >= 0.6 is 23.1 Å². The molecule has 2 aromatic rings. The van der Waals surface area contributed by atoms with Crippen molar-refractivity contribution in [3.05, 3.63) is 23.2 Å². The summed E-state index contributed by atoms with van der Waals surface area (Å²) in [6.45, 7) is 4.35. The first kappa shape index (κ1) is 14.5. The number of nitrogens with one attached hydrogen (secondary N) is 1. The number of benzene rings is 1. The van der Waals surface area contributed by atoms with Gasteiger partial charge in [-0.25, -0.2) is 0 Å². The maximum Gasteiger partial charge on any atom is 0.205 e. The molecule has 0 spiro atoms. The van der Waals surface area contributed by atoms with Gasteiger partial charge in [-0.1, -0.05) is 11.3 Å². The van der Waals surface area contributed by atoms with Gasteiger partial charge in [0.1, 0.15) is 5.01 Å². The van der Waals surface area contributed by atoms with E-state index < -0.39 is 0 Å². The number of rotatable bonds is 5. The van der Waals surface area contributed by atoms with Gasteiger partial charge in [0.05, 0.1) is 19.0 Å². The predicted molar refractivity (Wildman–Crippen MR) is 85.7 cm³/mol. The third-order valence-corrected chi connectivity index (χ3v) is 4.94. The van der Waals surface area contributed by atoms with Crippen molar-refractivity contribution in [2.45, 2.75) is 24.0 Å². The fraction of sp³-hybridized carbons (Fsp3) is 0.429. The van der Waals surface area contributed by atoms with Gasteiger partial charge in [-0.3, -0.25) is 0 Å². The van der Waals surface area contributed by atoms with Gasteiger partial charge in [-0.15, -0.1) is 22.0 Å². The number of fused-ring (bicyclic) bond motifs is 1. The van der Waals surface area contributed by atoms with Crippen molar-refractivity contribution in [2.24, 2.45) is 0 Å². The molecule has 2 heterocycles. The van der Waals surface area contributed by atoms with Gasteiger partial charge in [-0.2, -0.15) is 0 Å². The molecule has 5 nitrogen and oxygen atoms in total. The molecule has 1 aliphatic heterocycles. The topological polar surface area (TPSA) is 56.3 Å². The molecule has 0 atom stereocenters. The molecular formula is C14H17N3O2S2. The predicted octanol–water partition coefficient (Wildman–Crippen LogP) is 3.42. The number of hydrogen-bond acceptors (Lipinski definition) is 7. The monoisotopic (exact) mass is 323 g/mol. The first-order chi connectivity index (χ1) is 10.3. The minimum Gasteiger partial charge on any atom is -0.490 e. The molecule has 0 amide bonds. The standard InChI is InChI=1S/C14H17N3O2S2/c1-2-15-14-17-16-13(21-14)9-20-10-4-5-11-12(8-10)19-7-3-6-18-11/h4-5,8H,2-3,6-7,9H2,1H3,(H,15,17). The van der Waals surface area contributed by atoms with Crippen LogP contribution in [0.15, 0.2) is 23.1 Å². The van der Waals surface area contributed by atoms with E-state index in [9.17, 15) is 0 Å². The second-order valence-electron chi connectivity index (χ2n) is 4.48. The van der Waals surface area contributed by atoms with Crippen LogP contribution in [0.3, 0.4) is 0 Å². The van der Waals surface area contributed by atoms with Crippen LogP contribution in [0.25, 0.3) is 0 Å². The minimum atomic E-state index is 0.712. The van der Waals surface area contributed by atoms with Crippen molar-refractivity contribution in [1.29, 1.82) is 0 Å². The van der Waals surface area contributed by atoms with Gasteiger partial charge in [0, 0.05) is 17.9 Å². The Bertz CT molecular complexity index is 604. The molecule has 1 aromatic carbocycles. The third-order valence-electron chi connectivity index (χ3n) is 2.88. The summed E-state index contributed by atoms with van der Waals surface area (Å²) in [4.78, 5) is 1.15. The molecule has 21 heavy (non-hydrogen) atoms. The van der Waals surface area contributed by atoms with Gasteiger partial charge in [-0.05, 0) is 25.1 Å². The maximum absolute atomic E-state index is 5.70. The van der Waals surface area contributed by atoms with E-state index in [0.29, 0.717) is 6.61 Å². The average Bonchev–Trinajstić information content (AvgIpc) is 2.81. The summed E-state index contributed by atoms with van der Waals surface area (Å²) >= 11 is 3.33. The molecule has 112 valence electrons. The number of thioether (sulfide) groups is 1. The van der Waals surface area contributed by atoms with Crippen molar-refractivity contribution in [3.63, 3.8) is 0 Å². The highest BCUT2D eigenvalue weighted by Crippen LogP contribution is 2.35. The Kier molecular flexibility index (Phi) is 4.82. The van der Waals surface area contributed by atoms with Crippen LogP contribution in [0.5, 0.6) is 11.5 Å². The van der Waals surface area contributed by atoms with Crippen LogP contribution in [0.4, 0.5) is 5.13 Å². The molecule has 3 rings (SSSR count). The number of ether oxygens (including phenoxy) is 2. The van der Waals surface area contributed by atoms with Gasteiger partial charge in [0.2, 0.25) is 5.13 Å². The smallest absolute Gasteiger partial charge is 0.205 e. The van der Waals surface area contributed by atoms with Crippen LogP contribution < -0.4 is 14.8 Å². The first-order valence-corrected chi connectivity index (χ1v) is 8.74. The van der Waals surface area contributed by atoms with Crippen molar-refractivity contribution in [1.82, 2.24) is 10.2 Å². The lowest BCUT2D eigenvalue weighted by atomic mass is 10.3. The molecule has 1 N–H and O–H groups in total. The zero-order valence-electron chi connectivity index (χ0n) is 11.8. The molecule has 0 radical (unpaired) electrons. The quantitative estimate of drug-likeness (QED) is 0.851. The third kappa shape index (κ3) is 3.79. The molecule has 0 bridgehead atoms. The minimum absolute atomic E-state index is 0.712. The molecular weight excluding hydrogens is 306 g/mol. The second kappa shape index (κ2) is 7.00. The highest BCUT2D eigenvalue weighted by atomic mass is 32.2. The lowest BCUT2D eigenvalue weighted by Gasteiger charge is -2.08. The number of anilines is 1. The normalized spacial score (nSPS) is 13.8. The molecule has 0 unspecified atom stereocenters. The summed E-state index contributed by atoms with van der Waals surface area (Å²) in [5, 5.41) is 13.4. The van der Waals surface area contributed by atoms with E-state index in [0.717, 1.165) is 51.9 Å². The summed E-state index contributed by atoms with van der Waals surface area (Å²) in [6.07, 6.45) is 0.926. The Hall–Kier alpha value is -1.47. The Balaban J connectivity index is 1.63. The van der Waals surface area contributed by atoms with E-state index >= 15 is 0 Å². The highest BCUT2D eigenvalue weighted by Gasteiger charge is 2.11. The molecule has 7 heteroatoms. The lowest BCUT2D eigenvalue weighted by Crippen LogP contribution is -1.97. The number of nitrogens with zero attached hydrogens (tertiary/aromatic N) is 2. The highest BCUT2D eigenvalue weighted by molar-refractivity contribution is 7.98. The number of aromatic nitrogens is 2. The van der Waals surface area contributed by atoms with Crippen molar-refractivity contribution in [3.8, 4) is 11.5 Å². The maximum atomic E-state index is 5.70. The summed E-state index contributed by atoms with van der Waals surface area (Å²) in [7, 11) is 0. The fourth-order valence-electron chi connectivity index (χ4n) is 1.91. The van der Waals surface area contributed by atoms with Crippen LogP contribution in [0, 0.1) is 0 Å². The molecule has 0 fully saturated rings. The van der Waals surface area contributed by atoms with Gasteiger partial charge < -0.3 is 14.8 Å². The fourth-order valence-corrected chi connectivity index (χ4v) is 3.63. The van der Waals surface area contributed by atoms with E-state index in [2.05, 4.69) is 21.6 Å². The van der Waals surface area contributed by atoms with Crippen LogP contribution in [0.1, 0.15) is 18.4 Å². The van der Waals surface area contributed by atoms with Crippen molar-refractivity contribution >= 4 is 28.2 Å². The Morgan fingerprint density at radius 1 is 1.24 bits per heavy atom. The molecule has 1 aliphatic rings. The van der Waals surface area contributed by atoms with Gasteiger partial charge >= 0.3 is 0 Å². The van der Waals surface area contributed by atoms with Crippen LogP contribution in [-0.2, 0) is 5.75 Å². The Morgan fingerprint density at radius 2 is 2.10 bits per heavy atom. The lowest BCUT2D eigenvalue weighted by molar-refractivity contribution is 0.297. The summed E-state index contributed by atoms with van der Waals surface area (Å²) in [6, 6.07) is 6.08. The van der Waals surface area contributed by atoms with Crippen molar-refractivity contribution in [2.75, 3.05) is 25.1 Å². The van der Waals surface area contributed by atoms with Gasteiger partial charge in [0.15, 0.2) is 11.5 Å². The number of hydrogen-bond donors (Lipinski definition) is 1. The molecule has 0 aliphatic carbocycles. The van der Waals surface area contributed by atoms with Crippen molar-refractivity contribution < 1.29 is 9.47 Å². The Labute approximate surface area is 132 Å². The zero-order valence-corrected chi connectivity index (χ0v) is 13.4. The van der Waals surface area contributed by atoms with E-state index in [1.54, 1.807) is 23.1 Å². The average molecular weight is 323 g/mol. The largest absolute Gasteiger partial charge is 0.490 e.